The highest BCUT2D eigenvalue weighted by atomic mass is 16.7. The average Bonchev–Trinajstić information content (AvgIpc) is 2.08. The lowest BCUT2D eigenvalue weighted by Gasteiger charge is -2.41. The van der Waals surface area contributed by atoms with Crippen molar-refractivity contribution in [2.24, 2.45) is 17.6 Å². The number of rotatable bonds is 1. The molecule has 12 heavy (non-hydrogen) atoms. The fourth-order valence-electron chi connectivity index (χ4n) is 1.66. The summed E-state index contributed by atoms with van der Waals surface area (Å²) in [6.07, 6.45) is 0.0101. The van der Waals surface area contributed by atoms with Gasteiger partial charge in [0.05, 0.1) is 12.1 Å². The van der Waals surface area contributed by atoms with Crippen molar-refractivity contribution in [2.75, 3.05) is 7.11 Å². The van der Waals surface area contributed by atoms with E-state index in [0.717, 1.165) is 0 Å². The molecule has 1 heterocycles. The summed E-state index contributed by atoms with van der Waals surface area (Å²) in [5.74, 6) is 0.963. The standard InChI is InChI=1S/C9H19NO2/c1-5-6(2)8(10)9(11-4)12-7(5)3/h5-9H,10H2,1-4H3/t5-,6+,7?,8?,9-/m1/s1. The summed E-state index contributed by atoms with van der Waals surface area (Å²) in [5, 5.41) is 0. The van der Waals surface area contributed by atoms with Gasteiger partial charge in [0, 0.05) is 7.11 Å². The maximum Gasteiger partial charge on any atom is 0.172 e. The minimum absolute atomic E-state index is 0.00111. The van der Waals surface area contributed by atoms with Crippen LogP contribution in [0.3, 0.4) is 0 Å². The van der Waals surface area contributed by atoms with E-state index in [2.05, 4.69) is 20.8 Å². The molecular weight excluding hydrogens is 154 g/mol. The van der Waals surface area contributed by atoms with Crippen LogP contribution in [-0.4, -0.2) is 25.5 Å². The van der Waals surface area contributed by atoms with Crippen molar-refractivity contribution < 1.29 is 9.47 Å². The molecule has 0 bridgehead atoms. The minimum Gasteiger partial charge on any atom is -0.354 e. The van der Waals surface area contributed by atoms with Crippen LogP contribution in [-0.2, 0) is 9.47 Å². The van der Waals surface area contributed by atoms with E-state index >= 15 is 0 Å². The van der Waals surface area contributed by atoms with Crippen LogP contribution in [0.15, 0.2) is 0 Å². The largest absolute Gasteiger partial charge is 0.354 e. The van der Waals surface area contributed by atoms with Gasteiger partial charge >= 0.3 is 0 Å². The Morgan fingerprint density at radius 3 is 2.25 bits per heavy atom. The summed E-state index contributed by atoms with van der Waals surface area (Å²) in [5.41, 5.74) is 5.94. The van der Waals surface area contributed by atoms with E-state index < -0.39 is 0 Å². The van der Waals surface area contributed by atoms with Gasteiger partial charge in [0.25, 0.3) is 0 Å². The molecule has 0 aromatic rings. The van der Waals surface area contributed by atoms with Crippen LogP contribution >= 0.6 is 0 Å². The van der Waals surface area contributed by atoms with Gasteiger partial charge in [0.1, 0.15) is 0 Å². The summed E-state index contributed by atoms with van der Waals surface area (Å²) >= 11 is 0. The summed E-state index contributed by atoms with van der Waals surface area (Å²) in [7, 11) is 1.64. The molecule has 0 saturated carbocycles. The van der Waals surface area contributed by atoms with E-state index in [0.29, 0.717) is 11.8 Å². The van der Waals surface area contributed by atoms with Crippen molar-refractivity contribution in [3.63, 3.8) is 0 Å². The molecule has 1 fully saturated rings. The van der Waals surface area contributed by atoms with Crippen LogP contribution in [0, 0.1) is 11.8 Å². The first-order valence-electron chi connectivity index (χ1n) is 4.51. The van der Waals surface area contributed by atoms with Crippen LogP contribution in [0.4, 0.5) is 0 Å². The molecule has 0 amide bonds. The van der Waals surface area contributed by atoms with Gasteiger partial charge in [-0.05, 0) is 18.8 Å². The molecule has 1 rings (SSSR count). The summed E-state index contributed by atoms with van der Waals surface area (Å²) in [6, 6.07) is 0.00111. The Morgan fingerprint density at radius 2 is 1.75 bits per heavy atom. The van der Waals surface area contributed by atoms with Gasteiger partial charge in [0.15, 0.2) is 6.29 Å². The Kier molecular flexibility index (Phi) is 3.09. The third-order valence-electron chi connectivity index (χ3n) is 3.07. The second-order valence-corrected chi connectivity index (χ2v) is 3.74. The predicted octanol–water partition coefficient (Wildman–Crippen LogP) is 0.977. The number of methoxy groups -OCH3 is 1. The Morgan fingerprint density at radius 1 is 1.17 bits per heavy atom. The number of ether oxygens (including phenoxy) is 2. The quantitative estimate of drug-likeness (QED) is 0.642. The molecule has 1 saturated heterocycles. The second-order valence-electron chi connectivity index (χ2n) is 3.74. The van der Waals surface area contributed by atoms with E-state index in [1.54, 1.807) is 7.11 Å². The molecule has 0 aromatic heterocycles. The lowest BCUT2D eigenvalue weighted by atomic mass is 9.83. The van der Waals surface area contributed by atoms with Gasteiger partial charge < -0.3 is 15.2 Å². The zero-order chi connectivity index (χ0) is 9.30. The Balaban J connectivity index is 2.63. The molecule has 5 atom stereocenters. The fraction of sp³-hybridized carbons (Fsp3) is 1.00. The van der Waals surface area contributed by atoms with Crippen LogP contribution in [0.5, 0.6) is 0 Å². The van der Waals surface area contributed by atoms with E-state index in [9.17, 15) is 0 Å². The monoisotopic (exact) mass is 173 g/mol. The van der Waals surface area contributed by atoms with E-state index in [4.69, 9.17) is 15.2 Å². The van der Waals surface area contributed by atoms with Crippen molar-refractivity contribution in [3.05, 3.63) is 0 Å². The smallest absolute Gasteiger partial charge is 0.172 e. The average molecular weight is 173 g/mol. The van der Waals surface area contributed by atoms with Gasteiger partial charge in [-0.15, -0.1) is 0 Å². The number of hydrogen-bond donors (Lipinski definition) is 1. The van der Waals surface area contributed by atoms with Gasteiger partial charge in [-0.3, -0.25) is 0 Å². The Labute approximate surface area is 74.2 Å². The Hall–Kier alpha value is -0.120. The zero-order valence-electron chi connectivity index (χ0n) is 8.28. The van der Waals surface area contributed by atoms with Crippen LogP contribution < -0.4 is 5.73 Å². The maximum atomic E-state index is 5.94. The molecule has 72 valence electrons. The van der Waals surface area contributed by atoms with Gasteiger partial charge in [-0.25, -0.2) is 0 Å². The van der Waals surface area contributed by atoms with Crippen LogP contribution in [0.25, 0.3) is 0 Å². The molecule has 0 aromatic carbocycles. The molecule has 3 heteroatoms. The molecule has 2 unspecified atom stereocenters. The normalized spacial score (nSPS) is 49.2. The first kappa shape index (κ1) is 9.96. The molecule has 0 spiro atoms. The third-order valence-corrected chi connectivity index (χ3v) is 3.07. The predicted molar refractivity (Wildman–Crippen MR) is 47.6 cm³/mol. The molecule has 2 N–H and O–H groups in total. The SMILES string of the molecule is CO[C@@H]1OC(C)[C@H](C)[C@H](C)C1N. The van der Waals surface area contributed by atoms with Crippen LogP contribution in [0.2, 0.25) is 0 Å². The summed E-state index contributed by atoms with van der Waals surface area (Å²) in [6.45, 7) is 6.39. The van der Waals surface area contributed by atoms with E-state index in [1.165, 1.54) is 0 Å². The molecular formula is C9H19NO2. The Bertz CT molecular complexity index is 147. The first-order valence-corrected chi connectivity index (χ1v) is 4.51. The van der Waals surface area contributed by atoms with Crippen molar-refractivity contribution in [1.82, 2.24) is 0 Å². The lowest BCUT2D eigenvalue weighted by molar-refractivity contribution is -0.214. The molecule has 0 radical (unpaired) electrons. The molecule has 0 aliphatic carbocycles. The highest BCUT2D eigenvalue weighted by Crippen LogP contribution is 2.29. The fourth-order valence-corrected chi connectivity index (χ4v) is 1.66. The lowest BCUT2D eigenvalue weighted by Crippen LogP contribution is -2.53. The number of nitrogens with two attached hydrogens (primary N) is 1. The second kappa shape index (κ2) is 3.73. The maximum absolute atomic E-state index is 5.94. The number of hydrogen-bond acceptors (Lipinski definition) is 3. The van der Waals surface area contributed by atoms with Crippen LogP contribution in [0.1, 0.15) is 20.8 Å². The summed E-state index contributed by atoms with van der Waals surface area (Å²) in [4.78, 5) is 0. The van der Waals surface area contributed by atoms with Gasteiger partial charge in [-0.2, -0.15) is 0 Å². The van der Waals surface area contributed by atoms with Crippen molar-refractivity contribution in [3.8, 4) is 0 Å². The van der Waals surface area contributed by atoms with E-state index in [-0.39, 0.29) is 18.4 Å². The highest BCUT2D eigenvalue weighted by molar-refractivity contribution is 4.84. The topological polar surface area (TPSA) is 44.5 Å². The van der Waals surface area contributed by atoms with E-state index in [1.807, 2.05) is 0 Å². The summed E-state index contributed by atoms with van der Waals surface area (Å²) < 4.78 is 10.7. The minimum atomic E-state index is -0.230. The third kappa shape index (κ3) is 1.63. The molecule has 3 nitrogen and oxygen atoms in total. The van der Waals surface area contributed by atoms with Crippen molar-refractivity contribution >= 4 is 0 Å². The van der Waals surface area contributed by atoms with Gasteiger partial charge in [0.2, 0.25) is 0 Å². The van der Waals surface area contributed by atoms with Gasteiger partial charge in [-0.1, -0.05) is 13.8 Å². The first-order chi connectivity index (χ1) is 5.57. The van der Waals surface area contributed by atoms with Crippen molar-refractivity contribution in [2.45, 2.75) is 39.2 Å². The molecule has 1 aliphatic rings. The molecule has 1 aliphatic heterocycles. The highest BCUT2D eigenvalue weighted by Gasteiger charge is 2.37. The van der Waals surface area contributed by atoms with Crippen molar-refractivity contribution in [1.29, 1.82) is 0 Å². The zero-order valence-corrected chi connectivity index (χ0v) is 8.28.